The summed E-state index contributed by atoms with van der Waals surface area (Å²) in [5.74, 6) is 0.0190. The van der Waals surface area contributed by atoms with Crippen molar-refractivity contribution in [1.29, 1.82) is 0 Å². The number of hydrogen-bond acceptors (Lipinski definition) is 4. The van der Waals surface area contributed by atoms with Gasteiger partial charge in [0.15, 0.2) is 5.13 Å². The molecule has 1 aromatic heterocycles. The second-order valence-electron chi connectivity index (χ2n) is 5.48. The van der Waals surface area contributed by atoms with E-state index in [0.717, 1.165) is 12.1 Å². The standard InChI is InChI=1S/C12H21N3OS/c1-8(13)9-7-17-11(14-9)15-10(16)5-6-12(2,3)4/h7-8H,5-6,13H2,1-4H3,(H,14,15,16). The molecule has 1 aromatic rings. The van der Waals surface area contributed by atoms with Gasteiger partial charge in [0.05, 0.1) is 5.69 Å². The Morgan fingerprint density at radius 3 is 2.71 bits per heavy atom. The molecule has 0 aliphatic heterocycles. The molecule has 96 valence electrons. The minimum absolute atomic E-state index is 0.0190. The van der Waals surface area contributed by atoms with E-state index in [1.165, 1.54) is 11.3 Å². The molecule has 3 N–H and O–H groups in total. The number of anilines is 1. The molecule has 0 saturated heterocycles. The topological polar surface area (TPSA) is 68.0 Å². The van der Waals surface area contributed by atoms with Crippen LogP contribution in [0.1, 0.15) is 52.3 Å². The molecule has 0 aliphatic rings. The Labute approximate surface area is 107 Å². The number of nitrogens with two attached hydrogens (primary N) is 1. The van der Waals surface area contributed by atoms with Crippen molar-refractivity contribution in [1.82, 2.24) is 4.98 Å². The average Bonchev–Trinajstić information content (AvgIpc) is 2.62. The zero-order chi connectivity index (χ0) is 13.1. The molecule has 1 heterocycles. The van der Waals surface area contributed by atoms with Crippen LogP contribution >= 0.6 is 11.3 Å². The summed E-state index contributed by atoms with van der Waals surface area (Å²) in [5.41, 5.74) is 6.70. The maximum Gasteiger partial charge on any atom is 0.226 e. The second kappa shape index (κ2) is 5.60. The molecule has 4 nitrogen and oxygen atoms in total. The van der Waals surface area contributed by atoms with E-state index >= 15 is 0 Å². The van der Waals surface area contributed by atoms with Gasteiger partial charge in [0.2, 0.25) is 5.91 Å². The monoisotopic (exact) mass is 255 g/mol. The molecular weight excluding hydrogens is 234 g/mol. The van der Waals surface area contributed by atoms with E-state index in [2.05, 4.69) is 31.1 Å². The SMILES string of the molecule is CC(N)c1csc(NC(=O)CCC(C)(C)C)n1. The molecule has 0 radical (unpaired) electrons. The summed E-state index contributed by atoms with van der Waals surface area (Å²) in [7, 11) is 0. The summed E-state index contributed by atoms with van der Waals surface area (Å²) < 4.78 is 0. The van der Waals surface area contributed by atoms with Crippen molar-refractivity contribution < 1.29 is 4.79 Å². The van der Waals surface area contributed by atoms with Crippen molar-refractivity contribution in [2.45, 2.75) is 46.6 Å². The Balaban J connectivity index is 2.45. The van der Waals surface area contributed by atoms with Gasteiger partial charge in [0, 0.05) is 17.8 Å². The third-order valence-electron chi connectivity index (χ3n) is 2.34. The Morgan fingerprint density at radius 2 is 2.24 bits per heavy atom. The molecule has 5 heteroatoms. The Kier molecular flexibility index (Phi) is 4.65. The predicted molar refractivity (Wildman–Crippen MR) is 72.0 cm³/mol. The fourth-order valence-corrected chi connectivity index (χ4v) is 2.05. The van der Waals surface area contributed by atoms with Crippen molar-refractivity contribution >= 4 is 22.4 Å². The summed E-state index contributed by atoms with van der Waals surface area (Å²) in [4.78, 5) is 15.9. The van der Waals surface area contributed by atoms with Crippen LogP contribution in [0.15, 0.2) is 5.38 Å². The molecule has 0 bridgehead atoms. The quantitative estimate of drug-likeness (QED) is 0.869. The van der Waals surface area contributed by atoms with Crippen molar-refractivity contribution in [2.24, 2.45) is 11.1 Å². The third-order valence-corrected chi connectivity index (χ3v) is 3.11. The predicted octanol–water partition coefficient (Wildman–Crippen LogP) is 2.93. The number of nitrogens with one attached hydrogen (secondary N) is 1. The molecule has 0 spiro atoms. The Morgan fingerprint density at radius 1 is 1.59 bits per heavy atom. The normalized spacial score (nSPS) is 13.5. The van der Waals surface area contributed by atoms with Gasteiger partial charge in [-0.25, -0.2) is 4.98 Å². The molecule has 1 amide bonds. The zero-order valence-electron chi connectivity index (χ0n) is 10.9. The number of amides is 1. The van der Waals surface area contributed by atoms with Crippen LogP contribution in [0, 0.1) is 5.41 Å². The van der Waals surface area contributed by atoms with E-state index in [0.29, 0.717) is 11.6 Å². The van der Waals surface area contributed by atoms with Gasteiger partial charge in [-0.3, -0.25) is 4.79 Å². The minimum atomic E-state index is -0.0912. The van der Waals surface area contributed by atoms with Crippen LogP contribution in [-0.2, 0) is 4.79 Å². The molecule has 0 fully saturated rings. The number of carbonyl (C=O) groups is 1. The zero-order valence-corrected chi connectivity index (χ0v) is 11.7. The van der Waals surface area contributed by atoms with Gasteiger partial charge in [0.1, 0.15) is 0 Å². The molecule has 0 aliphatic carbocycles. The van der Waals surface area contributed by atoms with Gasteiger partial charge in [-0.15, -0.1) is 11.3 Å². The maximum absolute atomic E-state index is 11.7. The lowest BCUT2D eigenvalue weighted by Crippen LogP contribution is -2.15. The first-order chi connectivity index (χ1) is 7.78. The lowest BCUT2D eigenvalue weighted by Gasteiger charge is -2.16. The lowest BCUT2D eigenvalue weighted by molar-refractivity contribution is -0.116. The highest BCUT2D eigenvalue weighted by Crippen LogP contribution is 2.22. The number of rotatable bonds is 4. The van der Waals surface area contributed by atoms with Gasteiger partial charge in [-0.2, -0.15) is 0 Å². The van der Waals surface area contributed by atoms with Gasteiger partial charge in [0.25, 0.3) is 0 Å². The number of thiazole rings is 1. The minimum Gasteiger partial charge on any atom is -0.323 e. The number of hydrogen-bond donors (Lipinski definition) is 2. The van der Waals surface area contributed by atoms with E-state index in [1.807, 2.05) is 12.3 Å². The lowest BCUT2D eigenvalue weighted by atomic mass is 9.90. The Bertz CT molecular complexity index is 379. The van der Waals surface area contributed by atoms with Crippen LogP contribution in [0.5, 0.6) is 0 Å². The van der Waals surface area contributed by atoms with Gasteiger partial charge >= 0.3 is 0 Å². The molecule has 1 unspecified atom stereocenters. The average molecular weight is 255 g/mol. The number of nitrogens with zero attached hydrogens (tertiary/aromatic N) is 1. The summed E-state index contributed by atoms with van der Waals surface area (Å²) in [6.45, 7) is 8.24. The van der Waals surface area contributed by atoms with E-state index in [9.17, 15) is 4.79 Å². The van der Waals surface area contributed by atoms with Crippen molar-refractivity contribution in [3.63, 3.8) is 0 Å². The van der Waals surface area contributed by atoms with E-state index < -0.39 is 0 Å². The largest absolute Gasteiger partial charge is 0.323 e. The fourth-order valence-electron chi connectivity index (χ4n) is 1.22. The highest BCUT2D eigenvalue weighted by Gasteiger charge is 2.14. The van der Waals surface area contributed by atoms with Crippen LogP contribution in [-0.4, -0.2) is 10.9 Å². The van der Waals surface area contributed by atoms with Gasteiger partial charge in [-0.05, 0) is 18.8 Å². The second-order valence-corrected chi connectivity index (χ2v) is 6.33. The smallest absolute Gasteiger partial charge is 0.226 e. The number of carbonyl (C=O) groups excluding carboxylic acids is 1. The van der Waals surface area contributed by atoms with Crippen LogP contribution in [0.2, 0.25) is 0 Å². The third kappa shape index (κ3) is 5.28. The van der Waals surface area contributed by atoms with Crippen molar-refractivity contribution in [3.05, 3.63) is 11.1 Å². The molecular formula is C12H21N3OS. The first-order valence-electron chi connectivity index (χ1n) is 5.79. The highest BCUT2D eigenvalue weighted by molar-refractivity contribution is 7.13. The Hall–Kier alpha value is -0.940. The van der Waals surface area contributed by atoms with Gasteiger partial charge < -0.3 is 11.1 Å². The summed E-state index contributed by atoms with van der Waals surface area (Å²) >= 11 is 1.42. The van der Waals surface area contributed by atoms with Crippen LogP contribution < -0.4 is 11.1 Å². The first-order valence-corrected chi connectivity index (χ1v) is 6.67. The summed E-state index contributed by atoms with van der Waals surface area (Å²) in [6, 6.07) is -0.0912. The van der Waals surface area contributed by atoms with Crippen molar-refractivity contribution in [3.8, 4) is 0 Å². The first kappa shape index (κ1) is 14.1. The fraction of sp³-hybridized carbons (Fsp3) is 0.667. The van der Waals surface area contributed by atoms with Gasteiger partial charge in [-0.1, -0.05) is 20.8 Å². The van der Waals surface area contributed by atoms with Crippen LogP contribution in [0.25, 0.3) is 0 Å². The molecule has 0 saturated carbocycles. The molecule has 0 aromatic carbocycles. The molecule has 17 heavy (non-hydrogen) atoms. The molecule has 1 rings (SSSR count). The van der Waals surface area contributed by atoms with Crippen molar-refractivity contribution in [2.75, 3.05) is 5.32 Å². The van der Waals surface area contributed by atoms with E-state index in [4.69, 9.17) is 5.73 Å². The summed E-state index contributed by atoms with van der Waals surface area (Å²) in [6.07, 6.45) is 1.39. The van der Waals surface area contributed by atoms with Crippen LogP contribution in [0.3, 0.4) is 0 Å². The van der Waals surface area contributed by atoms with E-state index in [-0.39, 0.29) is 17.4 Å². The van der Waals surface area contributed by atoms with E-state index in [1.54, 1.807) is 0 Å². The maximum atomic E-state index is 11.7. The highest BCUT2D eigenvalue weighted by atomic mass is 32.1. The number of aromatic nitrogens is 1. The summed E-state index contributed by atoms with van der Waals surface area (Å²) in [5, 5.41) is 5.32. The van der Waals surface area contributed by atoms with Crippen LogP contribution in [0.4, 0.5) is 5.13 Å². The molecule has 1 atom stereocenters.